The van der Waals surface area contributed by atoms with Crippen molar-refractivity contribution in [2.75, 3.05) is 6.61 Å². The monoisotopic (exact) mass is 261 g/mol. The van der Waals surface area contributed by atoms with Crippen LogP contribution in [0.5, 0.6) is 0 Å². The highest BCUT2D eigenvalue weighted by Gasteiger charge is 2.23. The van der Waals surface area contributed by atoms with E-state index in [1.54, 1.807) is 6.92 Å². The zero-order valence-electron chi connectivity index (χ0n) is 10.4. The second-order valence-electron chi connectivity index (χ2n) is 4.64. The fourth-order valence-electron chi connectivity index (χ4n) is 2.53. The summed E-state index contributed by atoms with van der Waals surface area (Å²) in [6.45, 7) is 2.48. The summed E-state index contributed by atoms with van der Waals surface area (Å²) in [5.41, 5.74) is 2.62. The van der Waals surface area contributed by atoms with E-state index in [9.17, 15) is 14.3 Å². The zero-order valence-corrected chi connectivity index (χ0v) is 10.4. The molecule has 0 atom stereocenters. The molecule has 1 aromatic carbocycles. The Bertz CT molecular complexity index is 697. The van der Waals surface area contributed by atoms with Crippen molar-refractivity contribution in [2.45, 2.75) is 20.0 Å². The van der Waals surface area contributed by atoms with Gasteiger partial charge in [0, 0.05) is 23.1 Å². The number of benzene rings is 1. The van der Waals surface area contributed by atoms with Crippen molar-refractivity contribution in [1.29, 1.82) is 0 Å². The molecule has 5 heteroatoms. The van der Waals surface area contributed by atoms with Crippen LogP contribution in [-0.2, 0) is 17.8 Å². The molecule has 0 radical (unpaired) electrons. The normalized spacial score (nSPS) is 14.4. The third kappa shape index (κ3) is 1.86. The lowest BCUT2D eigenvalue weighted by molar-refractivity contribution is 0.0683. The number of halogens is 1. The molecule has 0 saturated carbocycles. The summed E-state index contributed by atoms with van der Waals surface area (Å²) >= 11 is 0. The van der Waals surface area contributed by atoms with Gasteiger partial charge in [-0.05, 0) is 24.6 Å². The van der Waals surface area contributed by atoms with Gasteiger partial charge in [-0.25, -0.2) is 9.18 Å². The molecule has 4 nitrogen and oxygen atoms in total. The lowest BCUT2D eigenvalue weighted by Crippen LogP contribution is -2.17. The molecule has 19 heavy (non-hydrogen) atoms. The van der Waals surface area contributed by atoms with E-state index >= 15 is 0 Å². The fourth-order valence-corrected chi connectivity index (χ4v) is 2.53. The predicted octanol–water partition coefficient (Wildman–Crippen LogP) is 2.45. The first kappa shape index (κ1) is 12.0. The van der Waals surface area contributed by atoms with Crippen LogP contribution in [0.2, 0.25) is 0 Å². The molecule has 1 aromatic heterocycles. The maximum Gasteiger partial charge on any atom is 0.336 e. The third-order valence-corrected chi connectivity index (χ3v) is 3.37. The molecule has 0 aliphatic carbocycles. The van der Waals surface area contributed by atoms with Crippen molar-refractivity contribution in [1.82, 2.24) is 4.98 Å². The topological polar surface area (TPSA) is 59.4 Å². The summed E-state index contributed by atoms with van der Waals surface area (Å²) in [6, 6.07) is 2.60. The Morgan fingerprint density at radius 2 is 2.26 bits per heavy atom. The SMILES string of the molecule is Cc1cc(F)cc2c(C(=O)O)c3c(nc12)CCOC3. The Kier molecular flexibility index (Phi) is 2.71. The van der Waals surface area contributed by atoms with Crippen LogP contribution in [0, 0.1) is 12.7 Å². The van der Waals surface area contributed by atoms with Gasteiger partial charge in [0.25, 0.3) is 0 Å². The minimum atomic E-state index is -1.07. The van der Waals surface area contributed by atoms with Crippen molar-refractivity contribution < 1.29 is 19.0 Å². The van der Waals surface area contributed by atoms with Gasteiger partial charge in [0.05, 0.1) is 24.3 Å². The van der Waals surface area contributed by atoms with Crippen molar-refractivity contribution in [2.24, 2.45) is 0 Å². The average molecular weight is 261 g/mol. The number of fused-ring (bicyclic) bond motifs is 2. The van der Waals surface area contributed by atoms with Gasteiger partial charge >= 0.3 is 5.97 Å². The Morgan fingerprint density at radius 3 is 3.00 bits per heavy atom. The first-order chi connectivity index (χ1) is 9.08. The lowest BCUT2D eigenvalue weighted by atomic mass is 9.96. The lowest BCUT2D eigenvalue weighted by Gasteiger charge is -2.19. The number of pyridine rings is 1. The Hall–Kier alpha value is -2.01. The number of carboxylic acids is 1. The van der Waals surface area contributed by atoms with Crippen LogP contribution in [0.1, 0.15) is 27.2 Å². The van der Waals surface area contributed by atoms with Crippen LogP contribution >= 0.6 is 0 Å². The number of ether oxygens (including phenoxy) is 1. The molecule has 0 bridgehead atoms. The zero-order chi connectivity index (χ0) is 13.6. The van der Waals surface area contributed by atoms with Crippen LogP contribution in [-0.4, -0.2) is 22.7 Å². The summed E-state index contributed by atoms with van der Waals surface area (Å²) in [5.74, 6) is -1.52. The quantitative estimate of drug-likeness (QED) is 0.856. The van der Waals surface area contributed by atoms with Crippen molar-refractivity contribution in [3.05, 3.63) is 40.3 Å². The van der Waals surface area contributed by atoms with Gasteiger partial charge in [0.1, 0.15) is 5.82 Å². The van der Waals surface area contributed by atoms with E-state index in [4.69, 9.17) is 4.74 Å². The molecular weight excluding hydrogens is 249 g/mol. The van der Waals surface area contributed by atoms with E-state index < -0.39 is 11.8 Å². The molecule has 0 saturated heterocycles. The van der Waals surface area contributed by atoms with Crippen LogP contribution < -0.4 is 0 Å². The number of aromatic nitrogens is 1. The van der Waals surface area contributed by atoms with Crippen LogP contribution in [0.4, 0.5) is 4.39 Å². The number of hydrogen-bond donors (Lipinski definition) is 1. The van der Waals surface area contributed by atoms with Gasteiger partial charge in [0.15, 0.2) is 0 Å². The third-order valence-electron chi connectivity index (χ3n) is 3.37. The minimum absolute atomic E-state index is 0.113. The summed E-state index contributed by atoms with van der Waals surface area (Å²) in [4.78, 5) is 16.0. The maximum atomic E-state index is 13.5. The molecule has 0 fully saturated rings. The van der Waals surface area contributed by atoms with E-state index in [1.807, 2.05) is 0 Å². The maximum absolute atomic E-state index is 13.5. The first-order valence-electron chi connectivity index (χ1n) is 6.00. The summed E-state index contributed by atoms with van der Waals surface area (Å²) in [7, 11) is 0. The van der Waals surface area contributed by atoms with E-state index in [0.717, 1.165) is 5.69 Å². The molecule has 1 aliphatic heterocycles. The molecule has 2 aromatic rings. The average Bonchev–Trinajstić information content (AvgIpc) is 2.36. The molecule has 1 aliphatic rings. The number of carboxylic acid groups (broad SMARTS) is 1. The Balaban J connectivity index is 2.46. The second-order valence-corrected chi connectivity index (χ2v) is 4.64. The summed E-state index contributed by atoms with van der Waals surface area (Å²) < 4.78 is 18.8. The van der Waals surface area contributed by atoms with Crippen LogP contribution in [0.15, 0.2) is 12.1 Å². The van der Waals surface area contributed by atoms with Gasteiger partial charge in [0.2, 0.25) is 0 Å². The van der Waals surface area contributed by atoms with Crippen LogP contribution in [0.3, 0.4) is 0 Å². The van der Waals surface area contributed by atoms with Gasteiger partial charge in [-0.2, -0.15) is 0 Å². The highest BCUT2D eigenvalue weighted by molar-refractivity contribution is 6.04. The molecule has 98 valence electrons. The highest BCUT2D eigenvalue weighted by Crippen LogP contribution is 2.29. The molecule has 0 amide bonds. The highest BCUT2D eigenvalue weighted by atomic mass is 19.1. The van der Waals surface area contributed by atoms with Gasteiger partial charge in [-0.1, -0.05) is 0 Å². The molecule has 1 N–H and O–H groups in total. The standard InChI is InChI=1S/C14H12FNO3/c1-7-4-8(15)5-9-12(14(17)18)10-6-19-3-2-11(10)16-13(7)9/h4-5H,2-3,6H2,1H3,(H,17,18). The molecule has 0 spiro atoms. The number of aryl methyl sites for hydroxylation is 1. The van der Waals surface area contributed by atoms with E-state index in [-0.39, 0.29) is 12.2 Å². The van der Waals surface area contributed by atoms with Crippen molar-refractivity contribution >= 4 is 16.9 Å². The van der Waals surface area contributed by atoms with E-state index in [0.29, 0.717) is 35.1 Å². The minimum Gasteiger partial charge on any atom is -0.478 e. The first-order valence-corrected chi connectivity index (χ1v) is 6.00. The Labute approximate surface area is 108 Å². The van der Waals surface area contributed by atoms with Crippen molar-refractivity contribution in [3.63, 3.8) is 0 Å². The van der Waals surface area contributed by atoms with Gasteiger partial charge in [-0.15, -0.1) is 0 Å². The van der Waals surface area contributed by atoms with Crippen molar-refractivity contribution in [3.8, 4) is 0 Å². The molecule has 3 rings (SSSR count). The smallest absolute Gasteiger partial charge is 0.336 e. The molecule has 2 heterocycles. The van der Waals surface area contributed by atoms with E-state index in [1.165, 1.54) is 12.1 Å². The number of rotatable bonds is 1. The number of nitrogens with zero attached hydrogens (tertiary/aromatic N) is 1. The van der Waals surface area contributed by atoms with Gasteiger partial charge in [-0.3, -0.25) is 4.98 Å². The number of carbonyl (C=O) groups is 1. The largest absolute Gasteiger partial charge is 0.478 e. The van der Waals surface area contributed by atoms with Gasteiger partial charge < -0.3 is 9.84 Å². The predicted molar refractivity (Wildman–Crippen MR) is 66.8 cm³/mol. The van der Waals surface area contributed by atoms with Crippen LogP contribution in [0.25, 0.3) is 10.9 Å². The van der Waals surface area contributed by atoms with E-state index in [2.05, 4.69) is 4.98 Å². The number of aromatic carboxylic acids is 1. The Morgan fingerprint density at radius 1 is 1.47 bits per heavy atom. The number of hydrogen-bond acceptors (Lipinski definition) is 3. The molecular formula is C14H12FNO3. The fraction of sp³-hybridized carbons (Fsp3) is 0.286. The summed E-state index contributed by atoms with van der Waals surface area (Å²) in [5, 5.41) is 9.76. The summed E-state index contributed by atoms with van der Waals surface area (Å²) in [6.07, 6.45) is 0.586. The molecule has 0 unspecified atom stereocenters. The second kappa shape index (κ2) is 4.28.